The van der Waals surface area contributed by atoms with E-state index in [0.29, 0.717) is 22.9 Å². The molecule has 0 saturated heterocycles. The second-order valence-corrected chi connectivity index (χ2v) is 8.13. The number of sulfonamides is 1. The zero-order chi connectivity index (χ0) is 21.6. The molecule has 3 aromatic carbocycles. The third-order valence-corrected chi connectivity index (χ3v) is 5.77. The van der Waals surface area contributed by atoms with Crippen LogP contribution in [0.25, 0.3) is 0 Å². The van der Waals surface area contributed by atoms with Crippen LogP contribution in [0.5, 0.6) is 17.2 Å². The zero-order valence-corrected chi connectivity index (χ0v) is 17.3. The smallest absolute Gasteiger partial charge is 0.242 e. The molecule has 1 amide bonds. The molecule has 30 heavy (non-hydrogen) atoms. The lowest BCUT2D eigenvalue weighted by molar-refractivity contribution is -0.117. The summed E-state index contributed by atoms with van der Waals surface area (Å²) in [6, 6.07) is 21.0. The first-order valence-electron chi connectivity index (χ1n) is 9.18. The molecule has 3 rings (SSSR count). The Hall–Kier alpha value is -3.36. The third kappa shape index (κ3) is 5.37. The maximum absolute atomic E-state index is 12.6. The minimum Gasteiger partial charge on any atom is -0.497 e. The van der Waals surface area contributed by atoms with Crippen molar-refractivity contribution in [1.82, 2.24) is 4.72 Å². The molecule has 0 heterocycles. The normalized spacial score (nSPS) is 12.1. The van der Waals surface area contributed by atoms with Gasteiger partial charge in [-0.1, -0.05) is 30.3 Å². The summed E-state index contributed by atoms with van der Waals surface area (Å²) in [6.07, 6.45) is 0. The van der Waals surface area contributed by atoms with Gasteiger partial charge in [0.25, 0.3) is 0 Å². The Kier molecular flexibility index (Phi) is 6.71. The highest BCUT2D eigenvalue weighted by atomic mass is 32.2. The van der Waals surface area contributed by atoms with Crippen LogP contribution in [0.15, 0.2) is 83.8 Å². The number of methoxy groups -OCH3 is 1. The average molecular weight is 426 g/mol. The van der Waals surface area contributed by atoms with E-state index in [1.165, 1.54) is 38.3 Å². The van der Waals surface area contributed by atoms with Gasteiger partial charge in [0.15, 0.2) is 5.75 Å². The molecule has 0 aliphatic heterocycles. The molecular weight excluding hydrogens is 404 g/mol. The van der Waals surface area contributed by atoms with Crippen molar-refractivity contribution in [2.45, 2.75) is 17.9 Å². The Balaban J connectivity index is 1.70. The fourth-order valence-corrected chi connectivity index (χ4v) is 3.83. The minimum atomic E-state index is -3.88. The van der Waals surface area contributed by atoms with Gasteiger partial charge in [0.1, 0.15) is 11.5 Å². The van der Waals surface area contributed by atoms with Crippen LogP contribution in [0.4, 0.5) is 5.69 Å². The van der Waals surface area contributed by atoms with Gasteiger partial charge in [-0.2, -0.15) is 4.72 Å². The number of para-hydroxylation sites is 3. The summed E-state index contributed by atoms with van der Waals surface area (Å²) in [5, 5.41) is 2.71. The van der Waals surface area contributed by atoms with Crippen molar-refractivity contribution in [2.75, 3.05) is 12.4 Å². The first-order chi connectivity index (χ1) is 14.4. The Labute approximate surface area is 175 Å². The number of nitrogens with one attached hydrogen (secondary N) is 2. The summed E-state index contributed by atoms with van der Waals surface area (Å²) in [6.45, 7) is 1.47. The number of rotatable bonds is 8. The van der Waals surface area contributed by atoms with Crippen LogP contribution >= 0.6 is 0 Å². The molecule has 0 aliphatic carbocycles. The molecule has 2 N–H and O–H groups in total. The molecule has 0 fully saturated rings. The SMILES string of the molecule is COc1ccc(S(=O)(=O)N[C@H](C)C(=O)Nc2ccccc2Oc2ccccc2)cc1. The van der Waals surface area contributed by atoms with E-state index in [1.54, 1.807) is 36.4 Å². The van der Waals surface area contributed by atoms with E-state index in [0.717, 1.165) is 0 Å². The molecule has 0 bridgehead atoms. The summed E-state index contributed by atoms with van der Waals surface area (Å²) < 4.78 is 38.3. The molecule has 0 aromatic heterocycles. The van der Waals surface area contributed by atoms with Crippen LogP contribution in [0, 0.1) is 0 Å². The molecule has 7 nitrogen and oxygen atoms in total. The minimum absolute atomic E-state index is 0.0377. The Bertz CT molecular complexity index is 1100. The number of hydrogen-bond acceptors (Lipinski definition) is 5. The molecule has 0 radical (unpaired) electrons. The number of amides is 1. The number of hydrogen-bond donors (Lipinski definition) is 2. The lowest BCUT2D eigenvalue weighted by Gasteiger charge is -2.16. The van der Waals surface area contributed by atoms with Crippen molar-refractivity contribution in [1.29, 1.82) is 0 Å². The van der Waals surface area contributed by atoms with Crippen LogP contribution in [0.1, 0.15) is 6.92 Å². The summed E-state index contributed by atoms with van der Waals surface area (Å²) in [5.74, 6) is 1.08. The largest absolute Gasteiger partial charge is 0.497 e. The molecule has 8 heteroatoms. The molecule has 0 unspecified atom stereocenters. The van der Waals surface area contributed by atoms with E-state index in [4.69, 9.17) is 9.47 Å². The van der Waals surface area contributed by atoms with Crippen molar-refractivity contribution in [2.24, 2.45) is 0 Å². The average Bonchev–Trinajstić information content (AvgIpc) is 2.75. The van der Waals surface area contributed by atoms with Crippen molar-refractivity contribution >= 4 is 21.6 Å². The van der Waals surface area contributed by atoms with Gasteiger partial charge in [-0.3, -0.25) is 4.79 Å². The van der Waals surface area contributed by atoms with Crippen molar-refractivity contribution < 1.29 is 22.7 Å². The van der Waals surface area contributed by atoms with E-state index in [1.807, 2.05) is 18.2 Å². The van der Waals surface area contributed by atoms with E-state index in [2.05, 4.69) is 10.0 Å². The molecular formula is C22H22N2O5S. The maximum Gasteiger partial charge on any atom is 0.242 e. The quantitative estimate of drug-likeness (QED) is 0.572. The highest BCUT2D eigenvalue weighted by Crippen LogP contribution is 2.29. The number of carbonyl (C=O) groups is 1. The van der Waals surface area contributed by atoms with Crippen LogP contribution in [0.3, 0.4) is 0 Å². The summed E-state index contributed by atoms with van der Waals surface area (Å²) in [5.41, 5.74) is 0.432. The van der Waals surface area contributed by atoms with Crippen LogP contribution < -0.4 is 19.5 Å². The summed E-state index contributed by atoms with van der Waals surface area (Å²) in [4.78, 5) is 12.7. The summed E-state index contributed by atoms with van der Waals surface area (Å²) >= 11 is 0. The molecule has 0 saturated carbocycles. The molecule has 156 valence electrons. The fourth-order valence-electron chi connectivity index (χ4n) is 2.62. The first kappa shape index (κ1) is 21.4. The lowest BCUT2D eigenvalue weighted by atomic mass is 10.2. The number of benzene rings is 3. The number of carbonyl (C=O) groups excluding carboxylic acids is 1. The predicted molar refractivity (Wildman–Crippen MR) is 114 cm³/mol. The molecule has 0 spiro atoms. The monoisotopic (exact) mass is 426 g/mol. The number of ether oxygens (including phenoxy) is 2. The predicted octanol–water partition coefficient (Wildman–Crippen LogP) is 3.79. The van der Waals surface area contributed by atoms with E-state index in [9.17, 15) is 13.2 Å². The standard InChI is InChI=1S/C22H22N2O5S/c1-16(24-30(26,27)19-14-12-17(28-2)13-15-19)22(25)23-20-10-6-7-11-21(20)29-18-8-4-3-5-9-18/h3-16,24H,1-2H3,(H,23,25)/t16-/m1/s1. The van der Waals surface area contributed by atoms with E-state index < -0.39 is 22.0 Å². The van der Waals surface area contributed by atoms with Gasteiger partial charge < -0.3 is 14.8 Å². The van der Waals surface area contributed by atoms with Gasteiger partial charge in [0.2, 0.25) is 15.9 Å². The van der Waals surface area contributed by atoms with Crippen molar-refractivity contribution in [3.8, 4) is 17.2 Å². The molecule has 0 aliphatic rings. The van der Waals surface area contributed by atoms with Crippen LogP contribution in [0.2, 0.25) is 0 Å². The van der Waals surface area contributed by atoms with Gasteiger partial charge >= 0.3 is 0 Å². The molecule has 1 atom stereocenters. The van der Waals surface area contributed by atoms with Gasteiger partial charge in [-0.05, 0) is 55.5 Å². The van der Waals surface area contributed by atoms with Gasteiger partial charge in [0.05, 0.1) is 23.7 Å². The van der Waals surface area contributed by atoms with Gasteiger partial charge in [-0.25, -0.2) is 8.42 Å². The molecule has 3 aromatic rings. The van der Waals surface area contributed by atoms with Crippen molar-refractivity contribution in [3.05, 3.63) is 78.9 Å². The number of anilines is 1. The topological polar surface area (TPSA) is 93.7 Å². The van der Waals surface area contributed by atoms with E-state index >= 15 is 0 Å². The highest BCUT2D eigenvalue weighted by Gasteiger charge is 2.23. The second kappa shape index (κ2) is 9.43. The highest BCUT2D eigenvalue weighted by molar-refractivity contribution is 7.89. The lowest BCUT2D eigenvalue weighted by Crippen LogP contribution is -2.41. The van der Waals surface area contributed by atoms with E-state index in [-0.39, 0.29) is 4.90 Å². The zero-order valence-electron chi connectivity index (χ0n) is 16.5. The van der Waals surface area contributed by atoms with Gasteiger partial charge in [-0.15, -0.1) is 0 Å². The first-order valence-corrected chi connectivity index (χ1v) is 10.7. The second-order valence-electron chi connectivity index (χ2n) is 6.42. The van der Waals surface area contributed by atoms with Crippen LogP contribution in [-0.2, 0) is 14.8 Å². The third-order valence-electron chi connectivity index (χ3n) is 4.21. The van der Waals surface area contributed by atoms with Crippen molar-refractivity contribution in [3.63, 3.8) is 0 Å². The Morgan fingerprint density at radius 2 is 1.50 bits per heavy atom. The Morgan fingerprint density at radius 1 is 0.867 bits per heavy atom. The van der Waals surface area contributed by atoms with Gasteiger partial charge in [0, 0.05) is 0 Å². The van der Waals surface area contributed by atoms with Crippen LogP contribution in [-0.4, -0.2) is 27.5 Å². The Morgan fingerprint density at radius 3 is 2.17 bits per heavy atom. The maximum atomic E-state index is 12.6. The fraction of sp³-hybridized carbons (Fsp3) is 0.136. The summed E-state index contributed by atoms with van der Waals surface area (Å²) in [7, 11) is -2.38.